The van der Waals surface area contributed by atoms with E-state index in [9.17, 15) is 4.79 Å². The molecular weight excluding hydrogens is 383 g/mol. The number of carbonyl (C=O) groups excluding carboxylic acids is 1. The second-order valence-corrected chi connectivity index (χ2v) is 7.60. The van der Waals surface area contributed by atoms with Gasteiger partial charge in [-0.15, -0.1) is 0 Å². The van der Waals surface area contributed by atoms with Gasteiger partial charge in [0.05, 0.1) is 21.4 Å². The van der Waals surface area contributed by atoms with E-state index in [-0.39, 0.29) is 5.91 Å². The van der Waals surface area contributed by atoms with E-state index in [1.54, 1.807) is 16.8 Å². The number of rotatable bonds is 3. The summed E-state index contributed by atoms with van der Waals surface area (Å²) < 4.78 is 3.65. The molecule has 1 aromatic carbocycles. The smallest absolute Gasteiger partial charge is 0.272 e. The summed E-state index contributed by atoms with van der Waals surface area (Å²) in [6.07, 6.45) is 5.21. The largest absolute Gasteiger partial charge is 0.349 e. The van der Waals surface area contributed by atoms with E-state index in [4.69, 9.17) is 28.3 Å². The fourth-order valence-corrected chi connectivity index (χ4v) is 3.75. The lowest BCUT2D eigenvalue weighted by molar-refractivity contribution is 0.0715. The summed E-state index contributed by atoms with van der Waals surface area (Å²) in [6, 6.07) is 11.1. The molecule has 7 heteroatoms. The average Bonchev–Trinajstić information content (AvgIpc) is 3.30. The van der Waals surface area contributed by atoms with Crippen molar-refractivity contribution in [3.05, 3.63) is 58.3 Å². The van der Waals surface area contributed by atoms with Gasteiger partial charge in [-0.25, -0.2) is 4.68 Å². The van der Waals surface area contributed by atoms with Crippen LogP contribution in [-0.2, 0) is 7.05 Å². The van der Waals surface area contributed by atoms with E-state index in [1.165, 1.54) is 6.42 Å². The summed E-state index contributed by atoms with van der Waals surface area (Å²) in [5.74, 6) is -0.00580. The molecule has 0 atom stereocenters. The first kappa shape index (κ1) is 18.1. The van der Waals surface area contributed by atoms with Crippen molar-refractivity contribution in [1.82, 2.24) is 19.2 Å². The van der Waals surface area contributed by atoms with Crippen molar-refractivity contribution in [2.75, 3.05) is 13.1 Å². The van der Waals surface area contributed by atoms with Gasteiger partial charge in [0, 0.05) is 26.3 Å². The quantitative estimate of drug-likeness (QED) is 0.630. The molecule has 4 rings (SSSR count). The first-order chi connectivity index (χ1) is 13.0. The van der Waals surface area contributed by atoms with Gasteiger partial charge < -0.3 is 9.47 Å². The van der Waals surface area contributed by atoms with Gasteiger partial charge in [-0.3, -0.25) is 4.79 Å². The number of aryl methyl sites for hydroxylation is 1. The van der Waals surface area contributed by atoms with Crippen LogP contribution in [-0.4, -0.2) is 38.2 Å². The van der Waals surface area contributed by atoms with Gasteiger partial charge in [0.2, 0.25) is 0 Å². The highest BCUT2D eigenvalue weighted by Gasteiger charge is 2.24. The maximum absolute atomic E-state index is 13.2. The van der Waals surface area contributed by atoms with Gasteiger partial charge in [0.15, 0.2) is 0 Å². The van der Waals surface area contributed by atoms with E-state index in [2.05, 4.69) is 0 Å². The molecule has 27 heavy (non-hydrogen) atoms. The van der Waals surface area contributed by atoms with Crippen LogP contribution >= 0.6 is 23.2 Å². The Morgan fingerprint density at radius 2 is 1.81 bits per heavy atom. The van der Waals surface area contributed by atoms with Crippen LogP contribution in [0, 0.1) is 0 Å². The highest BCUT2D eigenvalue weighted by atomic mass is 35.5. The normalized spacial score (nSPS) is 14.6. The topological polar surface area (TPSA) is 43.1 Å². The molecule has 0 N–H and O–H groups in total. The minimum absolute atomic E-state index is 0.00580. The minimum Gasteiger partial charge on any atom is -0.349 e. The van der Waals surface area contributed by atoms with Gasteiger partial charge in [-0.1, -0.05) is 23.2 Å². The maximum atomic E-state index is 13.2. The molecule has 0 aliphatic carbocycles. The highest BCUT2D eigenvalue weighted by Crippen LogP contribution is 2.28. The molecule has 1 aliphatic rings. The zero-order valence-electron chi connectivity index (χ0n) is 15.0. The van der Waals surface area contributed by atoms with Crippen LogP contribution in [0.15, 0.2) is 42.6 Å². The van der Waals surface area contributed by atoms with Crippen LogP contribution in [0.1, 0.15) is 29.8 Å². The third kappa shape index (κ3) is 3.49. The molecule has 3 aromatic rings. The standard InChI is InChI=1S/C20H20Cl2N4O/c1-24-9-5-6-18(24)17-13-19(20(27)25-10-3-2-4-11-25)26(23-17)14-7-8-15(21)16(22)12-14/h5-9,12-13H,2-4,10-11H2,1H3. The van der Waals surface area contributed by atoms with E-state index < -0.39 is 0 Å². The van der Waals surface area contributed by atoms with Crippen LogP contribution in [0.5, 0.6) is 0 Å². The van der Waals surface area contributed by atoms with E-state index in [0.717, 1.165) is 37.3 Å². The lowest BCUT2D eigenvalue weighted by Gasteiger charge is -2.26. The summed E-state index contributed by atoms with van der Waals surface area (Å²) in [6.45, 7) is 1.57. The predicted molar refractivity (Wildman–Crippen MR) is 108 cm³/mol. The average molecular weight is 403 g/mol. The molecule has 2 aromatic heterocycles. The Hall–Kier alpha value is -2.24. The van der Waals surface area contributed by atoms with Crippen molar-refractivity contribution in [1.29, 1.82) is 0 Å². The number of aromatic nitrogens is 3. The van der Waals surface area contributed by atoms with Crippen LogP contribution in [0.4, 0.5) is 0 Å². The van der Waals surface area contributed by atoms with Gasteiger partial charge in [-0.2, -0.15) is 5.10 Å². The van der Waals surface area contributed by atoms with Gasteiger partial charge in [0.1, 0.15) is 11.4 Å². The number of piperidine rings is 1. The van der Waals surface area contributed by atoms with Crippen LogP contribution in [0.3, 0.4) is 0 Å². The molecular formula is C20H20Cl2N4O. The number of hydrogen-bond donors (Lipinski definition) is 0. The Bertz CT molecular complexity index is 986. The summed E-state index contributed by atoms with van der Waals surface area (Å²) in [4.78, 5) is 15.1. The molecule has 0 spiro atoms. The number of halogens is 2. The van der Waals surface area contributed by atoms with E-state index >= 15 is 0 Å². The number of nitrogens with zero attached hydrogens (tertiary/aromatic N) is 4. The Morgan fingerprint density at radius 1 is 1.04 bits per heavy atom. The van der Waals surface area contributed by atoms with Crippen molar-refractivity contribution in [3.8, 4) is 17.1 Å². The Balaban J connectivity index is 1.82. The monoisotopic (exact) mass is 402 g/mol. The second-order valence-electron chi connectivity index (χ2n) is 6.78. The summed E-state index contributed by atoms with van der Waals surface area (Å²) >= 11 is 12.3. The summed E-state index contributed by atoms with van der Waals surface area (Å²) in [5.41, 5.74) is 2.94. The molecule has 0 bridgehead atoms. The third-order valence-corrected chi connectivity index (χ3v) is 5.66. The number of hydrogen-bond acceptors (Lipinski definition) is 2. The fraction of sp³-hybridized carbons (Fsp3) is 0.300. The van der Waals surface area contributed by atoms with Crippen molar-refractivity contribution in [3.63, 3.8) is 0 Å². The Kier molecular flexibility index (Phi) is 4.98. The number of amides is 1. The molecule has 1 aliphatic heterocycles. The molecule has 0 unspecified atom stereocenters. The predicted octanol–water partition coefficient (Wildman–Crippen LogP) is 4.81. The number of carbonyl (C=O) groups is 1. The second kappa shape index (κ2) is 7.41. The molecule has 3 heterocycles. The van der Waals surface area contributed by atoms with Crippen molar-refractivity contribution >= 4 is 29.1 Å². The first-order valence-electron chi connectivity index (χ1n) is 9.01. The van der Waals surface area contributed by atoms with Gasteiger partial charge in [-0.05, 0) is 55.7 Å². The molecule has 5 nitrogen and oxygen atoms in total. The molecule has 0 saturated carbocycles. The maximum Gasteiger partial charge on any atom is 0.272 e. The zero-order valence-corrected chi connectivity index (χ0v) is 16.5. The lowest BCUT2D eigenvalue weighted by atomic mass is 10.1. The summed E-state index contributed by atoms with van der Waals surface area (Å²) in [5, 5.41) is 5.62. The molecule has 1 amide bonds. The lowest BCUT2D eigenvalue weighted by Crippen LogP contribution is -2.36. The first-order valence-corrected chi connectivity index (χ1v) is 9.76. The molecule has 0 radical (unpaired) electrons. The molecule has 1 saturated heterocycles. The van der Waals surface area contributed by atoms with Gasteiger partial charge >= 0.3 is 0 Å². The number of benzene rings is 1. The highest BCUT2D eigenvalue weighted by molar-refractivity contribution is 6.42. The molecule has 1 fully saturated rings. The van der Waals surface area contributed by atoms with Crippen LogP contribution < -0.4 is 0 Å². The Labute approximate surface area is 168 Å². The van der Waals surface area contributed by atoms with E-state index in [1.807, 2.05) is 47.0 Å². The molecule has 140 valence electrons. The van der Waals surface area contributed by atoms with Crippen molar-refractivity contribution in [2.45, 2.75) is 19.3 Å². The van der Waals surface area contributed by atoms with Crippen molar-refractivity contribution < 1.29 is 4.79 Å². The SMILES string of the molecule is Cn1cccc1-c1cc(C(=O)N2CCCCC2)n(-c2ccc(Cl)c(Cl)c2)n1. The third-order valence-electron chi connectivity index (χ3n) is 4.93. The number of likely N-dealkylation sites (tertiary alicyclic amines) is 1. The van der Waals surface area contributed by atoms with Crippen LogP contribution in [0.25, 0.3) is 17.1 Å². The van der Waals surface area contributed by atoms with Crippen LogP contribution in [0.2, 0.25) is 10.0 Å². The van der Waals surface area contributed by atoms with E-state index in [0.29, 0.717) is 21.4 Å². The fourth-order valence-electron chi connectivity index (χ4n) is 3.46. The Morgan fingerprint density at radius 3 is 2.48 bits per heavy atom. The van der Waals surface area contributed by atoms with Crippen molar-refractivity contribution in [2.24, 2.45) is 7.05 Å². The zero-order chi connectivity index (χ0) is 19.0. The minimum atomic E-state index is -0.00580. The van der Waals surface area contributed by atoms with Gasteiger partial charge in [0.25, 0.3) is 5.91 Å². The summed E-state index contributed by atoms with van der Waals surface area (Å²) in [7, 11) is 1.96.